The first-order valence-corrected chi connectivity index (χ1v) is 11.0. The lowest BCUT2D eigenvalue weighted by Crippen LogP contribution is -2.07. The minimum atomic E-state index is 1.16. The molecule has 0 fully saturated rings. The van der Waals surface area contributed by atoms with Crippen LogP contribution in [0.25, 0.3) is 11.1 Å². The van der Waals surface area contributed by atoms with Crippen LogP contribution in [0, 0.1) is 0 Å². The van der Waals surface area contributed by atoms with Crippen molar-refractivity contribution in [1.29, 1.82) is 0 Å². The van der Waals surface area contributed by atoms with Gasteiger partial charge in [0.15, 0.2) is 0 Å². The summed E-state index contributed by atoms with van der Waals surface area (Å²) < 4.78 is 1.16. The maximum absolute atomic E-state index is 3.50. The molecule has 0 aromatic heterocycles. The van der Waals surface area contributed by atoms with Gasteiger partial charge >= 0.3 is 0 Å². The number of unbranched alkanes of at least 4 members (excludes halogenated alkanes) is 3. The van der Waals surface area contributed by atoms with E-state index in [1.54, 1.807) is 5.56 Å². The predicted octanol–water partition coefficient (Wildman–Crippen LogP) is 7.56. The molecule has 0 radical (unpaired) electrons. The van der Waals surface area contributed by atoms with Crippen LogP contribution in [0.2, 0.25) is 0 Å². The Morgan fingerprint density at radius 2 is 1.11 bits per heavy atom. The fourth-order valence-electron chi connectivity index (χ4n) is 3.90. The van der Waals surface area contributed by atoms with Crippen LogP contribution >= 0.6 is 15.9 Å². The van der Waals surface area contributed by atoms with E-state index in [-0.39, 0.29) is 0 Å². The summed E-state index contributed by atoms with van der Waals surface area (Å²) in [5.74, 6) is 0. The van der Waals surface area contributed by atoms with E-state index in [0.717, 1.165) is 4.47 Å². The van der Waals surface area contributed by atoms with Crippen LogP contribution in [0.3, 0.4) is 0 Å². The van der Waals surface area contributed by atoms with Gasteiger partial charge in [-0.3, -0.25) is 0 Å². The van der Waals surface area contributed by atoms with E-state index in [1.165, 1.54) is 79.2 Å². The lowest BCUT2D eigenvalue weighted by molar-refractivity contribution is 0.640. The highest BCUT2D eigenvalue weighted by atomic mass is 79.9. The smallest absolute Gasteiger partial charge is 0.0175 e. The molecule has 27 heavy (non-hydrogen) atoms. The first-order chi connectivity index (χ1) is 13.3. The topological polar surface area (TPSA) is 0 Å². The molecule has 4 rings (SSSR count). The third-order valence-electron chi connectivity index (χ3n) is 5.75. The largest absolute Gasteiger partial charge is 0.0584 e. The van der Waals surface area contributed by atoms with Gasteiger partial charge in [-0.05, 0) is 84.0 Å². The summed E-state index contributed by atoms with van der Waals surface area (Å²) in [7, 11) is 0. The summed E-state index contributed by atoms with van der Waals surface area (Å²) in [6.45, 7) is 0. The monoisotopic (exact) mass is 418 g/mol. The molecule has 0 atom stereocenters. The van der Waals surface area contributed by atoms with E-state index in [0.29, 0.717) is 0 Å². The molecule has 3 aromatic rings. The fraction of sp³-hybridized carbons (Fsp3) is 0.308. The van der Waals surface area contributed by atoms with Crippen LogP contribution in [0.1, 0.15) is 47.9 Å². The first kappa shape index (κ1) is 18.5. The van der Waals surface area contributed by atoms with Gasteiger partial charge in [0, 0.05) is 4.47 Å². The molecule has 0 N–H and O–H groups in total. The number of halogens is 1. The molecule has 0 unspecified atom stereocenters. The van der Waals surface area contributed by atoms with Gasteiger partial charge in [0.05, 0.1) is 0 Å². The minimum absolute atomic E-state index is 1.16. The molecule has 0 aliphatic heterocycles. The van der Waals surface area contributed by atoms with Crippen molar-refractivity contribution in [2.24, 2.45) is 0 Å². The molecule has 0 saturated heterocycles. The molecule has 3 aromatic carbocycles. The van der Waals surface area contributed by atoms with Gasteiger partial charge in [-0.2, -0.15) is 0 Å². The zero-order valence-corrected chi connectivity index (χ0v) is 17.5. The molecule has 1 heteroatoms. The standard InChI is InChI=1S/C26H27Br/c27-26-17-9-21(10-18-26)6-4-2-1-3-5-20-7-11-22(12-8-20)24-15-13-23-14-16-25(23)19-24/h7-13,15,17-19H,1-6,14,16H2. The van der Waals surface area contributed by atoms with Crippen molar-refractivity contribution in [3.8, 4) is 11.1 Å². The number of fused-ring (bicyclic) bond motifs is 1. The van der Waals surface area contributed by atoms with Crippen LogP contribution < -0.4 is 0 Å². The zero-order chi connectivity index (χ0) is 18.5. The highest BCUT2D eigenvalue weighted by molar-refractivity contribution is 9.10. The van der Waals surface area contributed by atoms with E-state index in [4.69, 9.17) is 0 Å². The Kier molecular flexibility index (Phi) is 6.09. The van der Waals surface area contributed by atoms with Crippen molar-refractivity contribution >= 4 is 15.9 Å². The van der Waals surface area contributed by atoms with Crippen molar-refractivity contribution in [3.05, 3.63) is 93.5 Å². The molecule has 0 bridgehead atoms. The molecule has 0 saturated carbocycles. The lowest BCUT2D eigenvalue weighted by Gasteiger charge is -2.19. The van der Waals surface area contributed by atoms with E-state index in [9.17, 15) is 0 Å². The number of aryl methyl sites for hydroxylation is 4. The number of hydrogen-bond acceptors (Lipinski definition) is 0. The average Bonchev–Trinajstić information content (AvgIpc) is 2.67. The molecular formula is C26H27Br. The SMILES string of the molecule is Brc1ccc(CCCCCCc2ccc(-c3ccc4c(c3)CC4)cc2)cc1. The molecule has 0 nitrogen and oxygen atoms in total. The van der Waals surface area contributed by atoms with E-state index in [2.05, 4.69) is 82.7 Å². The van der Waals surface area contributed by atoms with Crippen molar-refractivity contribution in [2.45, 2.75) is 51.4 Å². The van der Waals surface area contributed by atoms with Gasteiger partial charge in [0.2, 0.25) is 0 Å². The molecule has 0 amide bonds. The van der Waals surface area contributed by atoms with E-state index >= 15 is 0 Å². The lowest BCUT2D eigenvalue weighted by atomic mass is 9.86. The Balaban J connectivity index is 1.19. The predicted molar refractivity (Wildman–Crippen MR) is 119 cm³/mol. The highest BCUT2D eigenvalue weighted by Gasteiger charge is 2.13. The van der Waals surface area contributed by atoms with Crippen LogP contribution in [0.5, 0.6) is 0 Å². The number of benzene rings is 3. The second-order valence-corrected chi connectivity index (χ2v) is 8.64. The van der Waals surface area contributed by atoms with Gasteiger partial charge in [-0.1, -0.05) is 83.4 Å². The van der Waals surface area contributed by atoms with Crippen molar-refractivity contribution in [1.82, 2.24) is 0 Å². The Morgan fingerprint density at radius 3 is 1.67 bits per heavy atom. The maximum atomic E-state index is 3.50. The van der Waals surface area contributed by atoms with Crippen LogP contribution in [0.15, 0.2) is 71.2 Å². The molecule has 138 valence electrons. The normalized spacial score (nSPS) is 12.5. The molecule has 0 heterocycles. The number of hydrogen-bond donors (Lipinski definition) is 0. The highest BCUT2D eigenvalue weighted by Crippen LogP contribution is 2.29. The Bertz CT molecular complexity index is 875. The quantitative estimate of drug-likeness (QED) is 0.331. The summed E-state index contributed by atoms with van der Waals surface area (Å²) in [5.41, 5.74) is 8.71. The summed E-state index contributed by atoms with van der Waals surface area (Å²) in [5, 5.41) is 0. The fourth-order valence-corrected chi connectivity index (χ4v) is 4.17. The molecule has 0 spiro atoms. The van der Waals surface area contributed by atoms with Crippen LogP contribution in [0.4, 0.5) is 0 Å². The van der Waals surface area contributed by atoms with Crippen molar-refractivity contribution in [3.63, 3.8) is 0 Å². The molecule has 1 aliphatic carbocycles. The maximum Gasteiger partial charge on any atom is 0.0175 e. The van der Waals surface area contributed by atoms with Crippen molar-refractivity contribution in [2.75, 3.05) is 0 Å². The average molecular weight is 419 g/mol. The summed E-state index contributed by atoms with van der Waals surface area (Å²) in [6, 6.07) is 24.9. The van der Waals surface area contributed by atoms with E-state index in [1.807, 2.05) is 0 Å². The summed E-state index contributed by atoms with van der Waals surface area (Å²) >= 11 is 3.50. The third kappa shape index (κ3) is 4.90. The van der Waals surface area contributed by atoms with Crippen molar-refractivity contribution < 1.29 is 0 Å². The van der Waals surface area contributed by atoms with Gasteiger partial charge in [0.25, 0.3) is 0 Å². The number of rotatable bonds is 8. The summed E-state index contributed by atoms with van der Waals surface area (Å²) in [6.07, 6.45) is 10.1. The summed E-state index contributed by atoms with van der Waals surface area (Å²) in [4.78, 5) is 0. The second kappa shape index (κ2) is 8.89. The minimum Gasteiger partial charge on any atom is -0.0584 e. The van der Waals surface area contributed by atoms with Crippen LogP contribution in [-0.4, -0.2) is 0 Å². The van der Waals surface area contributed by atoms with Gasteiger partial charge < -0.3 is 0 Å². The van der Waals surface area contributed by atoms with E-state index < -0.39 is 0 Å². The van der Waals surface area contributed by atoms with Crippen LogP contribution in [-0.2, 0) is 25.7 Å². The van der Waals surface area contributed by atoms with Gasteiger partial charge in [-0.25, -0.2) is 0 Å². The molecule has 1 aliphatic rings. The Labute approximate surface area is 171 Å². The zero-order valence-electron chi connectivity index (χ0n) is 15.9. The first-order valence-electron chi connectivity index (χ1n) is 10.2. The second-order valence-electron chi connectivity index (χ2n) is 7.72. The Hall–Kier alpha value is -1.86. The third-order valence-corrected chi connectivity index (χ3v) is 6.28. The molecular weight excluding hydrogens is 392 g/mol. The Morgan fingerprint density at radius 1 is 0.556 bits per heavy atom. The van der Waals surface area contributed by atoms with Gasteiger partial charge in [0.1, 0.15) is 0 Å². The van der Waals surface area contributed by atoms with Gasteiger partial charge in [-0.15, -0.1) is 0 Å².